The van der Waals surface area contributed by atoms with Crippen molar-refractivity contribution in [2.45, 2.75) is 62.1 Å². The fourth-order valence-electron chi connectivity index (χ4n) is 8.14. The number of amides is 8. The second-order valence-corrected chi connectivity index (χ2v) is 15.9. The second-order valence-electron chi connectivity index (χ2n) is 15.9. The van der Waals surface area contributed by atoms with Gasteiger partial charge in [0, 0.05) is 78.5 Å². The van der Waals surface area contributed by atoms with Crippen LogP contribution in [0, 0.1) is 0 Å². The lowest BCUT2D eigenvalue weighted by atomic mass is 9.76. The lowest BCUT2D eigenvalue weighted by Crippen LogP contribution is -2.91. The summed E-state index contributed by atoms with van der Waals surface area (Å²) in [5.74, 6) is -6.36. The number of nitrogens with zero attached hydrogens (tertiary/aromatic N) is 6. The molecule has 2 aromatic rings. The summed E-state index contributed by atoms with van der Waals surface area (Å²) in [6.07, 6.45) is -5.42. The lowest BCUT2D eigenvalue weighted by molar-refractivity contribution is -0.550. The van der Waals surface area contributed by atoms with Gasteiger partial charge in [-0.05, 0) is 29.2 Å². The number of halogens is 3. The summed E-state index contributed by atoms with van der Waals surface area (Å²) in [6.45, 7) is 1.25. The Morgan fingerprint density at radius 2 is 0.932 bits per heavy atom. The molecule has 322 valence electrons. The number of rotatable bonds is 6. The summed E-state index contributed by atoms with van der Waals surface area (Å²) in [5, 5.41) is 28.5. The van der Waals surface area contributed by atoms with Crippen molar-refractivity contribution in [1.82, 2.24) is 40.0 Å². The van der Waals surface area contributed by atoms with E-state index in [4.69, 9.17) is 20.9 Å². The molecule has 0 radical (unpaired) electrons. The number of alkyl halides is 3. The highest BCUT2D eigenvalue weighted by atomic mass is 19.4. The van der Waals surface area contributed by atoms with Gasteiger partial charge in [0.2, 0.25) is 0 Å². The lowest BCUT2D eigenvalue weighted by Gasteiger charge is -2.68. The first-order valence-electron chi connectivity index (χ1n) is 19.5. The zero-order chi connectivity index (χ0) is 42.4. The van der Waals surface area contributed by atoms with Gasteiger partial charge in [-0.2, -0.15) is 13.2 Å². The average Bonchev–Trinajstić information content (AvgIpc) is 3.20. The van der Waals surface area contributed by atoms with Crippen LogP contribution in [0.15, 0.2) is 48.5 Å². The Morgan fingerprint density at radius 1 is 0.593 bits per heavy atom. The van der Waals surface area contributed by atoms with E-state index in [1.165, 1.54) is 19.6 Å². The van der Waals surface area contributed by atoms with Crippen LogP contribution in [-0.2, 0) is 35.7 Å². The van der Waals surface area contributed by atoms with Crippen molar-refractivity contribution in [3.05, 3.63) is 70.8 Å². The molecule has 5 heterocycles. The van der Waals surface area contributed by atoms with E-state index in [0.29, 0.717) is 19.6 Å². The number of aliphatic hydroxyl groups is 2. The molecule has 7 rings (SSSR count). The number of carbonyl (C=O) groups excluding carboxylic acids is 4. The normalized spacial score (nSPS) is 25.1. The Bertz CT molecular complexity index is 1880. The Kier molecular flexibility index (Phi) is 11.4. The Hall–Kier alpha value is -4.93. The van der Waals surface area contributed by atoms with E-state index in [1.54, 1.807) is 4.90 Å². The van der Waals surface area contributed by atoms with Gasteiger partial charge < -0.3 is 71.2 Å². The van der Waals surface area contributed by atoms with Crippen LogP contribution in [0.1, 0.15) is 29.2 Å². The fourth-order valence-corrected chi connectivity index (χ4v) is 8.14. The number of likely N-dealkylation sites (tertiary alicyclic amines) is 2. The van der Waals surface area contributed by atoms with E-state index in [1.807, 2.05) is 48.5 Å². The van der Waals surface area contributed by atoms with Crippen molar-refractivity contribution in [3.8, 4) is 0 Å². The minimum atomic E-state index is -5.42. The quantitative estimate of drug-likeness (QED) is 0.234. The zero-order valence-corrected chi connectivity index (χ0v) is 32.7. The molecule has 0 unspecified atom stereocenters. The third kappa shape index (κ3) is 7.94. The number of urea groups is 4. The molecule has 21 heteroatoms. The molecule has 2 atom stereocenters. The number of ether oxygens (including phenoxy) is 2. The molecule has 0 bridgehead atoms. The van der Waals surface area contributed by atoms with Gasteiger partial charge in [-0.15, -0.1) is 0 Å². The topological polar surface area (TPSA) is 223 Å². The Balaban J connectivity index is 0.894. The van der Waals surface area contributed by atoms with Crippen LogP contribution in [0.5, 0.6) is 0 Å². The van der Waals surface area contributed by atoms with E-state index in [9.17, 15) is 42.6 Å². The van der Waals surface area contributed by atoms with Gasteiger partial charge in [0.1, 0.15) is 0 Å². The molecule has 18 nitrogen and oxygen atoms in total. The third-order valence-corrected chi connectivity index (χ3v) is 12.0. The average molecular weight is 833 g/mol. The van der Waals surface area contributed by atoms with Gasteiger partial charge in [-0.3, -0.25) is 0 Å². The first-order chi connectivity index (χ1) is 27.9. The van der Waals surface area contributed by atoms with Crippen LogP contribution in [-0.4, -0.2) is 171 Å². The van der Waals surface area contributed by atoms with Crippen molar-refractivity contribution in [2.24, 2.45) is 11.5 Å². The van der Waals surface area contributed by atoms with Gasteiger partial charge in [0.25, 0.3) is 5.79 Å². The minimum Gasteiger partial charge on any atom is -0.363 e. The molecule has 5 saturated heterocycles. The number of nitrogens with two attached hydrogens (primary N) is 2. The molecule has 59 heavy (non-hydrogen) atoms. The van der Waals surface area contributed by atoms with Gasteiger partial charge >= 0.3 is 30.3 Å². The molecular formula is C38H51F3N10O8. The van der Waals surface area contributed by atoms with E-state index in [2.05, 4.69) is 10.6 Å². The maximum atomic E-state index is 14.8. The van der Waals surface area contributed by atoms with E-state index >= 15 is 0 Å². The SMILES string of the molecule is C[C@@]1(O)OC2(CN(C(=O)N3CCN(C(=O)NCc4ccc(CN)cc4)CC3)C2)[C@@](O)(C(F)(F)F)OC12CN(C(=O)N1CCN(C(=O)NCc3ccc(CN)cc3)CC1)C2. The summed E-state index contributed by atoms with van der Waals surface area (Å²) < 4.78 is 55.6. The summed E-state index contributed by atoms with van der Waals surface area (Å²) in [6, 6.07) is 13.2. The predicted octanol–water partition coefficient (Wildman–Crippen LogP) is 0.314. The number of hydrogen-bond acceptors (Lipinski definition) is 10. The van der Waals surface area contributed by atoms with Crippen LogP contribution in [0.25, 0.3) is 0 Å². The predicted molar refractivity (Wildman–Crippen MR) is 203 cm³/mol. The number of piperazine rings is 2. The number of hydrogen-bond donors (Lipinski definition) is 6. The van der Waals surface area contributed by atoms with Crippen molar-refractivity contribution in [2.75, 3.05) is 78.5 Å². The highest BCUT2D eigenvalue weighted by Crippen LogP contribution is 2.57. The van der Waals surface area contributed by atoms with Crippen molar-refractivity contribution >= 4 is 24.1 Å². The van der Waals surface area contributed by atoms with Gasteiger partial charge in [-0.25, -0.2) is 19.2 Å². The molecule has 5 aliphatic heterocycles. The van der Waals surface area contributed by atoms with Crippen molar-refractivity contribution in [3.63, 3.8) is 0 Å². The molecule has 0 saturated carbocycles. The number of carbonyl (C=O) groups is 4. The maximum Gasteiger partial charge on any atom is 0.446 e. The molecule has 0 aromatic heterocycles. The van der Waals surface area contributed by atoms with Crippen LogP contribution >= 0.6 is 0 Å². The molecule has 2 spiro atoms. The second kappa shape index (κ2) is 15.9. The molecular weight excluding hydrogens is 781 g/mol. The molecule has 8 N–H and O–H groups in total. The first-order valence-corrected chi connectivity index (χ1v) is 19.5. The summed E-state index contributed by atoms with van der Waals surface area (Å²) in [7, 11) is 0. The van der Waals surface area contributed by atoms with E-state index in [0.717, 1.165) is 34.1 Å². The monoisotopic (exact) mass is 832 g/mol. The van der Waals surface area contributed by atoms with Gasteiger partial charge in [0.15, 0.2) is 17.0 Å². The molecule has 5 fully saturated rings. The van der Waals surface area contributed by atoms with E-state index < -0.39 is 67.2 Å². The highest BCUT2D eigenvalue weighted by Gasteiger charge is 2.82. The fraction of sp³-hybridized carbons (Fsp3) is 0.579. The minimum absolute atomic E-state index is 0.111. The Morgan fingerprint density at radius 3 is 1.29 bits per heavy atom. The van der Waals surface area contributed by atoms with Crippen molar-refractivity contribution < 1.29 is 52.0 Å². The molecule has 2 aromatic carbocycles. The third-order valence-electron chi connectivity index (χ3n) is 12.0. The van der Waals surface area contributed by atoms with Crippen LogP contribution in [0.4, 0.5) is 32.3 Å². The summed E-state index contributed by atoms with van der Waals surface area (Å²) >= 11 is 0. The van der Waals surface area contributed by atoms with Crippen LogP contribution in [0.2, 0.25) is 0 Å². The van der Waals surface area contributed by atoms with Crippen LogP contribution in [0.3, 0.4) is 0 Å². The summed E-state index contributed by atoms with van der Waals surface area (Å²) in [5.41, 5.74) is 10.2. The molecule has 5 aliphatic rings. The largest absolute Gasteiger partial charge is 0.446 e. The highest BCUT2D eigenvalue weighted by molar-refractivity contribution is 5.79. The first kappa shape index (κ1) is 42.2. The molecule has 0 aliphatic carbocycles. The van der Waals surface area contributed by atoms with Gasteiger partial charge in [-0.1, -0.05) is 48.5 Å². The standard InChI is InChI=1S/C38H51F3N10O8/c1-34(56)35(22-50(23-35)32(54)48-14-10-46(11-15-48)30(52)44-20-28-6-2-26(18-42)3-7-28)59-37(57,38(39,40)41)36(58-34)24-51(25-36)33(55)49-16-12-47(13-17-49)31(53)45-21-29-8-4-27(19-43)5-9-29/h2-9,56-57H,10-25,42-43H2,1H3,(H,44,52)(H,45,53)/t34-,37+/m1/s1. The zero-order valence-electron chi connectivity index (χ0n) is 32.7. The van der Waals surface area contributed by atoms with E-state index in [-0.39, 0.29) is 71.0 Å². The summed E-state index contributed by atoms with van der Waals surface area (Å²) in [4.78, 5) is 60.6. The number of nitrogens with one attached hydrogen (secondary N) is 2. The number of benzene rings is 2. The Labute approximate surface area is 338 Å². The maximum absolute atomic E-state index is 14.8. The molecule has 8 amide bonds. The van der Waals surface area contributed by atoms with Gasteiger partial charge in [0.05, 0.1) is 26.2 Å². The van der Waals surface area contributed by atoms with Crippen molar-refractivity contribution in [1.29, 1.82) is 0 Å². The van der Waals surface area contributed by atoms with Crippen LogP contribution < -0.4 is 22.1 Å². The smallest absolute Gasteiger partial charge is 0.363 e.